The Kier molecular flexibility index (Phi) is 2.79. The summed E-state index contributed by atoms with van der Waals surface area (Å²) in [5, 5.41) is 0. The van der Waals surface area contributed by atoms with Gasteiger partial charge in [-0.1, -0.05) is 11.6 Å². The molecule has 0 amide bonds. The van der Waals surface area contributed by atoms with Crippen molar-refractivity contribution in [3.63, 3.8) is 0 Å². The Bertz CT molecular complexity index is 579. The summed E-state index contributed by atoms with van der Waals surface area (Å²) in [6.45, 7) is 1.81. The number of nitrogen functional groups attached to an aromatic ring is 1. The minimum Gasteiger partial charge on any atom is -0.398 e. The molecule has 2 rings (SSSR count). The highest BCUT2D eigenvalue weighted by Crippen LogP contribution is 2.30. The number of aryl methyl sites for hydroxylation is 1. The van der Waals surface area contributed by atoms with Crippen molar-refractivity contribution in [2.45, 2.75) is 6.92 Å². The van der Waals surface area contributed by atoms with Gasteiger partial charge in [0.15, 0.2) is 17.5 Å². The topological polar surface area (TPSA) is 26.0 Å². The molecule has 0 aliphatic carbocycles. The summed E-state index contributed by atoms with van der Waals surface area (Å²) in [6.07, 6.45) is 0. The lowest BCUT2D eigenvalue weighted by atomic mass is 10.0. The van der Waals surface area contributed by atoms with Gasteiger partial charge < -0.3 is 5.73 Å². The van der Waals surface area contributed by atoms with Gasteiger partial charge in [-0.25, -0.2) is 13.2 Å². The van der Waals surface area contributed by atoms with Gasteiger partial charge in [-0.05, 0) is 31.2 Å². The Morgan fingerprint density at radius 1 is 0.882 bits per heavy atom. The lowest BCUT2D eigenvalue weighted by Crippen LogP contribution is -1.97. The average molecular weight is 237 g/mol. The van der Waals surface area contributed by atoms with Crippen molar-refractivity contribution in [3.8, 4) is 11.1 Å². The molecular weight excluding hydrogens is 227 g/mol. The quantitative estimate of drug-likeness (QED) is 0.594. The highest BCUT2D eigenvalue weighted by atomic mass is 19.2. The minimum absolute atomic E-state index is 0.0369. The molecule has 1 nitrogen and oxygen atoms in total. The summed E-state index contributed by atoms with van der Waals surface area (Å²) in [7, 11) is 0. The zero-order chi connectivity index (χ0) is 12.6. The molecule has 0 aromatic heterocycles. The van der Waals surface area contributed by atoms with Gasteiger partial charge in [0, 0.05) is 16.8 Å². The summed E-state index contributed by atoms with van der Waals surface area (Å²) in [5.41, 5.74) is 7.20. The maximum absolute atomic E-state index is 13.6. The molecule has 2 aromatic rings. The van der Waals surface area contributed by atoms with Crippen LogP contribution in [0.5, 0.6) is 0 Å². The van der Waals surface area contributed by atoms with Crippen LogP contribution in [-0.2, 0) is 0 Å². The highest BCUT2D eigenvalue weighted by Gasteiger charge is 2.16. The Balaban J connectivity index is 2.69. The Morgan fingerprint density at radius 2 is 1.59 bits per heavy atom. The van der Waals surface area contributed by atoms with Crippen LogP contribution in [0, 0.1) is 24.4 Å². The lowest BCUT2D eigenvalue weighted by Gasteiger charge is -2.09. The minimum atomic E-state index is -1.48. The Labute approximate surface area is 96.7 Å². The summed E-state index contributed by atoms with van der Waals surface area (Å²) >= 11 is 0. The third kappa shape index (κ3) is 1.98. The first kappa shape index (κ1) is 11.5. The molecule has 4 heteroatoms. The highest BCUT2D eigenvalue weighted by molar-refractivity contribution is 5.77. The normalized spacial score (nSPS) is 10.6. The second-order valence-electron chi connectivity index (χ2n) is 3.81. The monoisotopic (exact) mass is 237 g/mol. The van der Waals surface area contributed by atoms with Crippen molar-refractivity contribution >= 4 is 5.69 Å². The van der Waals surface area contributed by atoms with Gasteiger partial charge in [0.2, 0.25) is 0 Å². The number of nitrogens with two attached hydrogens (primary N) is 1. The molecule has 0 saturated heterocycles. The first-order valence-electron chi connectivity index (χ1n) is 5.00. The van der Waals surface area contributed by atoms with Crippen molar-refractivity contribution in [3.05, 3.63) is 53.3 Å². The van der Waals surface area contributed by atoms with Crippen LogP contribution < -0.4 is 5.73 Å². The van der Waals surface area contributed by atoms with E-state index in [4.69, 9.17) is 5.73 Å². The van der Waals surface area contributed by atoms with Crippen LogP contribution in [-0.4, -0.2) is 0 Å². The van der Waals surface area contributed by atoms with Crippen LogP contribution in [0.15, 0.2) is 30.3 Å². The van der Waals surface area contributed by atoms with E-state index < -0.39 is 17.5 Å². The predicted octanol–water partition coefficient (Wildman–Crippen LogP) is 3.66. The van der Waals surface area contributed by atoms with Crippen LogP contribution in [0.25, 0.3) is 11.1 Å². The largest absolute Gasteiger partial charge is 0.398 e. The maximum atomic E-state index is 13.6. The van der Waals surface area contributed by atoms with Gasteiger partial charge in [-0.3, -0.25) is 0 Å². The fraction of sp³-hybridized carbons (Fsp3) is 0.0769. The third-order valence-corrected chi connectivity index (χ3v) is 2.53. The van der Waals surface area contributed by atoms with E-state index in [1.165, 1.54) is 6.07 Å². The van der Waals surface area contributed by atoms with E-state index in [2.05, 4.69) is 0 Å². The molecule has 0 aliphatic heterocycles. The van der Waals surface area contributed by atoms with Crippen molar-refractivity contribution in [2.24, 2.45) is 0 Å². The second-order valence-corrected chi connectivity index (χ2v) is 3.81. The van der Waals surface area contributed by atoms with Crippen LogP contribution in [0.1, 0.15) is 5.56 Å². The molecule has 0 saturated carbocycles. The second kappa shape index (κ2) is 4.13. The molecule has 0 aliphatic rings. The Hall–Kier alpha value is -1.97. The molecule has 17 heavy (non-hydrogen) atoms. The molecule has 0 heterocycles. The lowest BCUT2D eigenvalue weighted by molar-refractivity contribution is 0.449. The van der Waals surface area contributed by atoms with Crippen molar-refractivity contribution in [1.29, 1.82) is 0 Å². The fourth-order valence-corrected chi connectivity index (χ4v) is 1.64. The van der Waals surface area contributed by atoms with E-state index in [9.17, 15) is 13.2 Å². The summed E-state index contributed by atoms with van der Waals surface area (Å²) in [6, 6.07) is 7.06. The van der Waals surface area contributed by atoms with Gasteiger partial charge in [0.1, 0.15) is 0 Å². The molecule has 0 fully saturated rings. The van der Waals surface area contributed by atoms with Gasteiger partial charge in [-0.15, -0.1) is 0 Å². The number of halogens is 3. The zero-order valence-corrected chi connectivity index (χ0v) is 9.10. The van der Waals surface area contributed by atoms with Crippen molar-refractivity contribution in [2.75, 3.05) is 5.73 Å². The standard InChI is InChI=1S/C13H10F3N/c1-7-2-5-11(17)9(6-7)8-3-4-10(14)13(16)12(8)15/h2-6H,17H2,1H3. The van der Waals surface area contributed by atoms with Gasteiger partial charge in [0.05, 0.1) is 0 Å². The summed E-state index contributed by atoms with van der Waals surface area (Å²) in [4.78, 5) is 0. The number of rotatable bonds is 1. The van der Waals surface area contributed by atoms with Crippen LogP contribution in [0.2, 0.25) is 0 Å². The SMILES string of the molecule is Cc1ccc(N)c(-c2ccc(F)c(F)c2F)c1. The van der Waals surface area contributed by atoms with E-state index in [0.29, 0.717) is 11.3 Å². The molecule has 2 aromatic carbocycles. The summed E-state index contributed by atoms with van der Waals surface area (Å²) < 4.78 is 39.5. The first-order valence-corrected chi connectivity index (χ1v) is 5.00. The zero-order valence-electron chi connectivity index (χ0n) is 9.10. The number of hydrogen-bond acceptors (Lipinski definition) is 1. The molecular formula is C13H10F3N. The third-order valence-electron chi connectivity index (χ3n) is 2.53. The van der Waals surface area contributed by atoms with Crippen LogP contribution in [0.3, 0.4) is 0 Å². The van der Waals surface area contributed by atoms with Crippen molar-refractivity contribution < 1.29 is 13.2 Å². The van der Waals surface area contributed by atoms with Crippen LogP contribution >= 0.6 is 0 Å². The number of benzene rings is 2. The summed E-state index contributed by atoms with van der Waals surface area (Å²) in [5.74, 6) is -3.91. The molecule has 0 atom stereocenters. The van der Waals surface area contributed by atoms with Crippen LogP contribution in [0.4, 0.5) is 18.9 Å². The maximum Gasteiger partial charge on any atom is 0.195 e. The molecule has 0 radical (unpaired) electrons. The molecule has 0 unspecified atom stereocenters. The van der Waals surface area contributed by atoms with Gasteiger partial charge in [-0.2, -0.15) is 0 Å². The molecule has 2 N–H and O–H groups in total. The van der Waals surface area contributed by atoms with E-state index in [1.54, 1.807) is 25.1 Å². The smallest absolute Gasteiger partial charge is 0.195 e. The first-order chi connectivity index (χ1) is 8.00. The Morgan fingerprint density at radius 3 is 2.29 bits per heavy atom. The molecule has 0 bridgehead atoms. The van der Waals surface area contributed by atoms with E-state index in [1.807, 2.05) is 0 Å². The van der Waals surface area contributed by atoms with E-state index in [0.717, 1.165) is 11.6 Å². The van der Waals surface area contributed by atoms with E-state index >= 15 is 0 Å². The van der Waals surface area contributed by atoms with Gasteiger partial charge >= 0.3 is 0 Å². The average Bonchev–Trinajstić information content (AvgIpc) is 2.30. The molecule has 88 valence electrons. The molecule has 0 spiro atoms. The van der Waals surface area contributed by atoms with Gasteiger partial charge in [0.25, 0.3) is 0 Å². The van der Waals surface area contributed by atoms with Crippen molar-refractivity contribution in [1.82, 2.24) is 0 Å². The fourth-order valence-electron chi connectivity index (χ4n) is 1.64. The number of anilines is 1. The predicted molar refractivity (Wildman–Crippen MR) is 60.9 cm³/mol. The number of hydrogen-bond donors (Lipinski definition) is 1. The van der Waals surface area contributed by atoms with E-state index in [-0.39, 0.29) is 5.56 Å².